The van der Waals surface area contributed by atoms with Crippen LogP contribution in [0.2, 0.25) is 0 Å². The Morgan fingerprint density at radius 3 is 2.81 bits per heavy atom. The highest BCUT2D eigenvalue weighted by Crippen LogP contribution is 2.15. The number of nitrogens with zero attached hydrogens (tertiary/aromatic N) is 2. The maximum atomic E-state index is 4.32. The Balaban J connectivity index is 2.26. The van der Waals surface area contributed by atoms with Gasteiger partial charge in [0.25, 0.3) is 0 Å². The first kappa shape index (κ1) is 11.1. The lowest BCUT2D eigenvalue weighted by Gasteiger charge is -2.06. The normalized spacial score (nSPS) is 10.1. The standard InChI is InChI=1S/C12H12BrN3/c1-9-3-2-4-10(7-9)8-11-12(16-13)15-6-5-14-11/h2-7H,8H2,1H3,(H,15,16). The Bertz CT molecular complexity index is 485. The van der Waals surface area contributed by atoms with E-state index in [1.807, 2.05) is 0 Å². The van der Waals surface area contributed by atoms with Crippen molar-refractivity contribution in [1.82, 2.24) is 9.97 Å². The second kappa shape index (κ2) is 5.07. The second-order valence-electron chi connectivity index (χ2n) is 3.61. The minimum absolute atomic E-state index is 0.768. The molecule has 4 heteroatoms. The molecule has 0 spiro atoms. The number of aryl methyl sites for hydroxylation is 1. The summed E-state index contributed by atoms with van der Waals surface area (Å²) in [7, 11) is 0. The van der Waals surface area contributed by atoms with Gasteiger partial charge in [-0.25, -0.2) is 4.98 Å². The summed E-state index contributed by atoms with van der Waals surface area (Å²) >= 11 is 3.18. The van der Waals surface area contributed by atoms with E-state index < -0.39 is 0 Å². The Morgan fingerprint density at radius 2 is 2.06 bits per heavy atom. The smallest absolute Gasteiger partial charge is 0.157 e. The number of hydrogen-bond donors (Lipinski definition) is 1. The lowest BCUT2D eigenvalue weighted by atomic mass is 10.1. The first-order chi connectivity index (χ1) is 7.79. The molecule has 1 heterocycles. The number of halogens is 1. The molecular formula is C12H12BrN3. The molecule has 0 fully saturated rings. The van der Waals surface area contributed by atoms with Crippen molar-refractivity contribution in [3.8, 4) is 0 Å². The summed E-state index contributed by atoms with van der Waals surface area (Å²) < 4.78 is 2.87. The number of nitrogens with one attached hydrogen (secondary N) is 1. The van der Waals surface area contributed by atoms with Crippen LogP contribution in [0.15, 0.2) is 36.7 Å². The van der Waals surface area contributed by atoms with Crippen molar-refractivity contribution in [1.29, 1.82) is 0 Å². The van der Waals surface area contributed by atoms with E-state index in [2.05, 4.69) is 61.6 Å². The summed E-state index contributed by atoms with van der Waals surface area (Å²) in [5.74, 6) is 0.768. The molecule has 2 aromatic rings. The van der Waals surface area contributed by atoms with E-state index >= 15 is 0 Å². The van der Waals surface area contributed by atoms with Gasteiger partial charge in [-0.05, 0) is 12.5 Å². The lowest BCUT2D eigenvalue weighted by molar-refractivity contribution is 1.04. The first-order valence-corrected chi connectivity index (χ1v) is 5.81. The van der Waals surface area contributed by atoms with Crippen LogP contribution < -0.4 is 4.34 Å². The van der Waals surface area contributed by atoms with E-state index in [1.165, 1.54) is 11.1 Å². The van der Waals surface area contributed by atoms with Crippen molar-refractivity contribution in [3.05, 3.63) is 53.5 Å². The molecule has 0 unspecified atom stereocenters. The van der Waals surface area contributed by atoms with Crippen LogP contribution >= 0.6 is 16.1 Å². The molecule has 0 aliphatic heterocycles. The van der Waals surface area contributed by atoms with Gasteiger partial charge in [-0.3, -0.25) is 4.98 Å². The molecule has 0 saturated heterocycles. The minimum atomic E-state index is 0.768. The van der Waals surface area contributed by atoms with Gasteiger partial charge in [0.2, 0.25) is 0 Å². The molecule has 2 rings (SSSR count). The highest BCUT2D eigenvalue weighted by molar-refractivity contribution is 9.10. The van der Waals surface area contributed by atoms with Crippen LogP contribution in [0.1, 0.15) is 16.8 Å². The molecule has 1 N–H and O–H groups in total. The van der Waals surface area contributed by atoms with E-state index in [1.54, 1.807) is 12.4 Å². The molecule has 0 saturated carbocycles. The Hall–Kier alpha value is -1.42. The maximum Gasteiger partial charge on any atom is 0.157 e. The molecule has 3 nitrogen and oxygen atoms in total. The fraction of sp³-hybridized carbons (Fsp3) is 0.167. The zero-order chi connectivity index (χ0) is 11.4. The van der Waals surface area contributed by atoms with Crippen LogP contribution in [0, 0.1) is 6.92 Å². The Kier molecular flexibility index (Phi) is 3.51. The molecular weight excluding hydrogens is 266 g/mol. The molecule has 0 bridgehead atoms. The summed E-state index contributed by atoms with van der Waals surface area (Å²) in [6.07, 6.45) is 4.16. The maximum absolute atomic E-state index is 4.32. The van der Waals surface area contributed by atoms with E-state index in [0.717, 1.165) is 17.9 Å². The van der Waals surface area contributed by atoms with Gasteiger partial charge >= 0.3 is 0 Å². The molecule has 0 radical (unpaired) electrons. The average molecular weight is 278 g/mol. The summed E-state index contributed by atoms with van der Waals surface area (Å²) in [5, 5.41) is 0. The molecule has 0 amide bonds. The van der Waals surface area contributed by atoms with Crippen LogP contribution in [-0.4, -0.2) is 9.97 Å². The zero-order valence-corrected chi connectivity index (χ0v) is 10.5. The predicted molar refractivity (Wildman–Crippen MR) is 68.6 cm³/mol. The fourth-order valence-corrected chi connectivity index (χ4v) is 1.92. The quantitative estimate of drug-likeness (QED) is 0.877. The van der Waals surface area contributed by atoms with Crippen LogP contribution in [0.25, 0.3) is 0 Å². The van der Waals surface area contributed by atoms with Crippen molar-refractivity contribution in [3.63, 3.8) is 0 Å². The van der Waals surface area contributed by atoms with Crippen LogP contribution in [0.5, 0.6) is 0 Å². The van der Waals surface area contributed by atoms with Crippen molar-refractivity contribution in [2.75, 3.05) is 4.34 Å². The van der Waals surface area contributed by atoms with E-state index in [-0.39, 0.29) is 0 Å². The van der Waals surface area contributed by atoms with Gasteiger partial charge in [-0.1, -0.05) is 29.8 Å². The molecule has 0 atom stereocenters. The highest BCUT2D eigenvalue weighted by atomic mass is 79.9. The van der Waals surface area contributed by atoms with Crippen molar-refractivity contribution in [2.45, 2.75) is 13.3 Å². The third kappa shape index (κ3) is 2.58. The van der Waals surface area contributed by atoms with Gasteiger partial charge in [0.1, 0.15) is 0 Å². The lowest BCUT2D eigenvalue weighted by Crippen LogP contribution is -1.98. The minimum Gasteiger partial charge on any atom is -0.305 e. The fourth-order valence-electron chi connectivity index (χ4n) is 1.59. The number of benzene rings is 1. The van der Waals surface area contributed by atoms with Gasteiger partial charge in [0.05, 0.1) is 5.69 Å². The third-order valence-corrected chi connectivity index (χ3v) is 2.69. The molecule has 1 aromatic heterocycles. The number of aromatic nitrogens is 2. The number of hydrogen-bond acceptors (Lipinski definition) is 3. The largest absolute Gasteiger partial charge is 0.305 e. The topological polar surface area (TPSA) is 37.8 Å². The molecule has 82 valence electrons. The zero-order valence-electron chi connectivity index (χ0n) is 8.94. The second-order valence-corrected chi connectivity index (χ2v) is 4.01. The van der Waals surface area contributed by atoms with Crippen molar-refractivity contribution in [2.24, 2.45) is 0 Å². The Labute approximate surface area is 103 Å². The number of rotatable bonds is 3. The summed E-state index contributed by atoms with van der Waals surface area (Å²) in [6.45, 7) is 2.09. The van der Waals surface area contributed by atoms with Gasteiger partial charge in [-0.15, -0.1) is 0 Å². The van der Waals surface area contributed by atoms with Crippen molar-refractivity contribution < 1.29 is 0 Å². The van der Waals surface area contributed by atoms with Gasteiger partial charge in [-0.2, -0.15) is 0 Å². The Morgan fingerprint density at radius 1 is 1.25 bits per heavy atom. The average Bonchev–Trinajstić information content (AvgIpc) is 2.30. The summed E-state index contributed by atoms with van der Waals surface area (Å²) in [6, 6.07) is 8.40. The molecule has 1 aromatic carbocycles. The van der Waals surface area contributed by atoms with Gasteiger partial charge in [0, 0.05) is 35.0 Å². The van der Waals surface area contributed by atoms with E-state index in [9.17, 15) is 0 Å². The molecule has 0 aliphatic carbocycles. The summed E-state index contributed by atoms with van der Waals surface area (Å²) in [4.78, 5) is 8.51. The molecule has 0 aliphatic rings. The first-order valence-electron chi connectivity index (χ1n) is 5.01. The number of anilines is 1. The van der Waals surface area contributed by atoms with Gasteiger partial charge in [0.15, 0.2) is 5.82 Å². The van der Waals surface area contributed by atoms with Crippen LogP contribution in [-0.2, 0) is 6.42 Å². The SMILES string of the molecule is Cc1cccc(Cc2nccnc2NBr)c1. The third-order valence-electron chi connectivity index (χ3n) is 2.32. The predicted octanol–water partition coefficient (Wildman–Crippen LogP) is 3.10. The van der Waals surface area contributed by atoms with Gasteiger partial charge < -0.3 is 4.34 Å². The van der Waals surface area contributed by atoms with Crippen LogP contribution in [0.4, 0.5) is 5.82 Å². The highest BCUT2D eigenvalue weighted by Gasteiger charge is 2.04. The summed E-state index contributed by atoms with van der Waals surface area (Å²) in [5.41, 5.74) is 3.43. The van der Waals surface area contributed by atoms with Crippen LogP contribution in [0.3, 0.4) is 0 Å². The monoisotopic (exact) mass is 277 g/mol. The van der Waals surface area contributed by atoms with E-state index in [4.69, 9.17) is 0 Å². The van der Waals surface area contributed by atoms with Crippen molar-refractivity contribution >= 4 is 22.0 Å². The van der Waals surface area contributed by atoms with E-state index in [0.29, 0.717) is 0 Å². The molecule has 16 heavy (non-hydrogen) atoms.